The molecule has 0 atom stereocenters. The molecule has 0 spiro atoms. The Morgan fingerprint density at radius 1 is 1.38 bits per heavy atom. The van der Waals surface area contributed by atoms with Gasteiger partial charge in [0.05, 0.1) is 5.60 Å². The number of hydrogen-bond donors (Lipinski definition) is 2. The predicted molar refractivity (Wildman–Crippen MR) is 63.2 cm³/mol. The third-order valence-corrected chi connectivity index (χ3v) is 4.24. The summed E-state index contributed by atoms with van der Waals surface area (Å²) in [5.41, 5.74) is -1.31. The van der Waals surface area contributed by atoms with Crippen LogP contribution in [0.15, 0.2) is 0 Å². The highest BCUT2D eigenvalue weighted by Gasteiger charge is 2.46. The Morgan fingerprint density at radius 2 is 1.88 bits per heavy atom. The highest BCUT2D eigenvalue weighted by atomic mass is 32.2. The minimum atomic E-state index is -3.45. The van der Waals surface area contributed by atoms with Crippen LogP contribution in [0.5, 0.6) is 0 Å². The molecule has 0 bridgehead atoms. The fourth-order valence-corrected chi connectivity index (χ4v) is 3.58. The van der Waals surface area contributed by atoms with Crippen LogP contribution >= 0.6 is 0 Å². The van der Waals surface area contributed by atoms with E-state index < -0.39 is 21.3 Å². The van der Waals surface area contributed by atoms with Gasteiger partial charge in [-0.25, -0.2) is 0 Å². The zero-order chi connectivity index (χ0) is 12.6. The minimum absolute atomic E-state index is 0.201. The zero-order valence-corrected chi connectivity index (χ0v) is 11.3. The molecule has 6 heteroatoms. The Morgan fingerprint density at radius 3 is 2.25 bits per heavy atom. The maximum atomic E-state index is 11.8. The first kappa shape index (κ1) is 13.9. The van der Waals surface area contributed by atoms with Crippen molar-refractivity contribution in [2.75, 3.05) is 13.1 Å². The molecule has 5 nitrogen and oxygen atoms in total. The van der Waals surface area contributed by atoms with E-state index in [2.05, 4.69) is 4.72 Å². The van der Waals surface area contributed by atoms with Crippen molar-refractivity contribution in [2.24, 2.45) is 0 Å². The van der Waals surface area contributed by atoms with Gasteiger partial charge in [0.2, 0.25) is 0 Å². The summed E-state index contributed by atoms with van der Waals surface area (Å²) in [6, 6.07) is 0. The Bertz CT molecular complexity index is 340. The highest BCUT2D eigenvalue weighted by molar-refractivity contribution is 7.87. The van der Waals surface area contributed by atoms with Gasteiger partial charge in [-0.05, 0) is 27.2 Å². The molecule has 1 heterocycles. The first-order valence-corrected chi connectivity index (χ1v) is 7.03. The van der Waals surface area contributed by atoms with E-state index in [1.54, 1.807) is 20.8 Å². The number of hydrogen-bond acceptors (Lipinski definition) is 3. The first-order chi connectivity index (χ1) is 7.08. The molecule has 0 saturated carbocycles. The number of nitrogens with zero attached hydrogens (tertiary/aromatic N) is 1. The molecule has 16 heavy (non-hydrogen) atoms. The van der Waals surface area contributed by atoms with E-state index in [1.165, 1.54) is 4.31 Å². The van der Waals surface area contributed by atoms with Gasteiger partial charge >= 0.3 is 0 Å². The van der Waals surface area contributed by atoms with Crippen LogP contribution in [0.1, 0.15) is 40.5 Å². The molecule has 0 aromatic heterocycles. The Kier molecular flexibility index (Phi) is 3.69. The third kappa shape index (κ3) is 3.41. The third-order valence-electron chi connectivity index (χ3n) is 2.43. The molecule has 96 valence electrons. The van der Waals surface area contributed by atoms with E-state index in [9.17, 15) is 13.5 Å². The Labute approximate surface area is 98.0 Å². The van der Waals surface area contributed by atoms with Gasteiger partial charge in [0.15, 0.2) is 0 Å². The van der Waals surface area contributed by atoms with Crippen LogP contribution in [0.25, 0.3) is 0 Å². The summed E-state index contributed by atoms with van der Waals surface area (Å²) >= 11 is 0. The lowest BCUT2D eigenvalue weighted by Gasteiger charge is -2.46. The van der Waals surface area contributed by atoms with Crippen LogP contribution in [0, 0.1) is 0 Å². The van der Waals surface area contributed by atoms with Crippen molar-refractivity contribution in [1.29, 1.82) is 0 Å². The van der Waals surface area contributed by atoms with Crippen molar-refractivity contribution >= 4 is 10.2 Å². The molecule has 0 amide bonds. The van der Waals surface area contributed by atoms with Crippen LogP contribution in [-0.2, 0) is 10.2 Å². The van der Waals surface area contributed by atoms with Gasteiger partial charge in [0.25, 0.3) is 10.2 Å². The molecule has 0 aliphatic carbocycles. The maximum absolute atomic E-state index is 11.8. The van der Waals surface area contributed by atoms with Crippen molar-refractivity contribution in [3.05, 3.63) is 0 Å². The Hall–Kier alpha value is -0.170. The van der Waals surface area contributed by atoms with Crippen molar-refractivity contribution in [1.82, 2.24) is 9.03 Å². The zero-order valence-electron chi connectivity index (χ0n) is 10.4. The van der Waals surface area contributed by atoms with Gasteiger partial charge < -0.3 is 5.11 Å². The van der Waals surface area contributed by atoms with Gasteiger partial charge in [0, 0.05) is 18.6 Å². The molecule has 1 rings (SSSR count). The van der Waals surface area contributed by atoms with E-state index >= 15 is 0 Å². The summed E-state index contributed by atoms with van der Waals surface area (Å²) in [6.45, 7) is 7.76. The van der Waals surface area contributed by atoms with Crippen molar-refractivity contribution < 1.29 is 13.5 Å². The second kappa shape index (κ2) is 4.25. The fourth-order valence-electron chi connectivity index (χ4n) is 1.86. The molecule has 1 aliphatic heterocycles. The fraction of sp³-hybridized carbons (Fsp3) is 1.00. The minimum Gasteiger partial charge on any atom is -0.387 e. The van der Waals surface area contributed by atoms with Crippen LogP contribution in [0.4, 0.5) is 0 Å². The van der Waals surface area contributed by atoms with E-state index in [4.69, 9.17) is 0 Å². The summed E-state index contributed by atoms with van der Waals surface area (Å²) in [4.78, 5) is 0. The maximum Gasteiger partial charge on any atom is 0.280 e. The summed E-state index contributed by atoms with van der Waals surface area (Å²) in [5, 5.41) is 9.91. The SMILES string of the molecule is CCCC1(O)CN(S(=O)(=O)NC(C)(C)C)C1. The van der Waals surface area contributed by atoms with Gasteiger partial charge in [-0.1, -0.05) is 13.3 Å². The number of nitrogens with one attached hydrogen (secondary N) is 1. The molecule has 1 saturated heterocycles. The summed E-state index contributed by atoms with van der Waals surface area (Å²) < 4.78 is 27.5. The van der Waals surface area contributed by atoms with Crippen LogP contribution in [0.2, 0.25) is 0 Å². The molecular formula is C10H22N2O3S. The normalized spacial score (nSPS) is 21.8. The second-order valence-electron chi connectivity index (χ2n) is 5.60. The largest absolute Gasteiger partial charge is 0.387 e. The molecule has 1 fully saturated rings. The quantitative estimate of drug-likeness (QED) is 0.762. The van der Waals surface area contributed by atoms with Gasteiger partial charge in [-0.15, -0.1) is 0 Å². The van der Waals surface area contributed by atoms with E-state index in [0.717, 1.165) is 6.42 Å². The first-order valence-electron chi connectivity index (χ1n) is 5.59. The molecule has 2 N–H and O–H groups in total. The lowest BCUT2D eigenvalue weighted by Crippen LogP contribution is -2.66. The van der Waals surface area contributed by atoms with E-state index in [-0.39, 0.29) is 13.1 Å². The highest BCUT2D eigenvalue weighted by Crippen LogP contribution is 2.28. The molecule has 0 radical (unpaired) electrons. The molecular weight excluding hydrogens is 228 g/mol. The Balaban J connectivity index is 2.57. The van der Waals surface area contributed by atoms with Crippen LogP contribution in [0.3, 0.4) is 0 Å². The predicted octanol–water partition coefficient (Wildman–Crippen LogP) is 0.466. The van der Waals surface area contributed by atoms with Gasteiger partial charge in [0.1, 0.15) is 0 Å². The number of β-amino-alcohol motifs (C(OH)–C–C–N with tert-alkyl or cyclic N) is 1. The van der Waals surface area contributed by atoms with Crippen LogP contribution in [-0.4, -0.2) is 42.1 Å². The van der Waals surface area contributed by atoms with Gasteiger partial charge in [-0.2, -0.15) is 17.4 Å². The van der Waals surface area contributed by atoms with Gasteiger partial charge in [-0.3, -0.25) is 0 Å². The average Bonchev–Trinajstić information content (AvgIpc) is 1.95. The average molecular weight is 250 g/mol. The van der Waals surface area contributed by atoms with Crippen molar-refractivity contribution in [3.8, 4) is 0 Å². The van der Waals surface area contributed by atoms with Crippen molar-refractivity contribution in [3.63, 3.8) is 0 Å². The summed E-state index contributed by atoms with van der Waals surface area (Å²) in [6.07, 6.45) is 1.51. The number of aliphatic hydroxyl groups is 1. The van der Waals surface area contributed by atoms with E-state index in [0.29, 0.717) is 6.42 Å². The van der Waals surface area contributed by atoms with E-state index in [1.807, 2.05) is 6.92 Å². The summed E-state index contributed by atoms with van der Waals surface area (Å²) in [7, 11) is -3.45. The number of rotatable bonds is 4. The molecule has 0 unspecified atom stereocenters. The topological polar surface area (TPSA) is 69.6 Å². The standard InChI is InChI=1S/C10H22N2O3S/c1-5-6-10(13)7-12(8-10)16(14,15)11-9(2,3)4/h11,13H,5-8H2,1-4H3. The molecule has 0 aromatic rings. The smallest absolute Gasteiger partial charge is 0.280 e. The van der Waals surface area contributed by atoms with Crippen molar-refractivity contribution in [2.45, 2.75) is 51.7 Å². The molecule has 1 aliphatic rings. The second-order valence-corrected chi connectivity index (χ2v) is 7.27. The lowest BCUT2D eigenvalue weighted by molar-refractivity contribution is -0.0660. The van der Waals surface area contributed by atoms with Crippen LogP contribution < -0.4 is 4.72 Å². The summed E-state index contributed by atoms with van der Waals surface area (Å²) in [5.74, 6) is 0. The monoisotopic (exact) mass is 250 g/mol. The molecule has 0 aromatic carbocycles. The lowest BCUT2D eigenvalue weighted by atomic mass is 9.92.